The van der Waals surface area contributed by atoms with Crippen molar-refractivity contribution in [1.29, 1.82) is 0 Å². The number of rotatable bonds is 1. The van der Waals surface area contributed by atoms with Crippen molar-refractivity contribution in [3.8, 4) is 5.75 Å². The van der Waals surface area contributed by atoms with E-state index in [1.54, 1.807) is 12.1 Å². The molecule has 0 radical (unpaired) electrons. The lowest BCUT2D eigenvalue weighted by Crippen LogP contribution is -1.90. The van der Waals surface area contributed by atoms with Crippen LogP contribution < -0.4 is 6.15 Å². The fourth-order valence-electron chi connectivity index (χ4n) is 1.30. The van der Waals surface area contributed by atoms with E-state index in [0.29, 0.717) is 5.39 Å². The van der Waals surface area contributed by atoms with E-state index >= 15 is 0 Å². The Morgan fingerprint density at radius 2 is 2.07 bits per heavy atom. The van der Waals surface area contributed by atoms with E-state index in [1.165, 1.54) is 18.3 Å². The van der Waals surface area contributed by atoms with Gasteiger partial charge in [-0.15, -0.1) is 0 Å². The van der Waals surface area contributed by atoms with Gasteiger partial charge in [-0.3, -0.25) is 15.1 Å². The average Bonchev–Trinajstić information content (AvgIpc) is 2.18. The Morgan fingerprint density at radius 1 is 1.33 bits per heavy atom. The molecule has 1 heterocycles. The molecule has 6 nitrogen and oxygen atoms in total. The molecule has 0 amide bonds. The lowest BCUT2D eigenvalue weighted by Gasteiger charge is -1.99. The van der Waals surface area contributed by atoms with Gasteiger partial charge in [-0.25, -0.2) is 0 Å². The summed E-state index contributed by atoms with van der Waals surface area (Å²) in [5.74, 6) is -0.0498. The smallest absolute Gasteiger partial charge is 0.279 e. The van der Waals surface area contributed by atoms with Gasteiger partial charge >= 0.3 is 0 Å². The number of hydrogen-bond donors (Lipinski definition) is 2. The largest absolute Gasteiger partial charge is 0.506 e. The molecule has 1 aromatic heterocycles. The third-order valence-electron chi connectivity index (χ3n) is 1.92. The van der Waals surface area contributed by atoms with Crippen LogP contribution in [0.2, 0.25) is 0 Å². The van der Waals surface area contributed by atoms with Gasteiger partial charge in [0.05, 0.1) is 10.3 Å². The summed E-state index contributed by atoms with van der Waals surface area (Å²) < 4.78 is 0. The number of non-ortho nitro benzene ring substituents is 1. The molecule has 0 saturated heterocycles. The van der Waals surface area contributed by atoms with Gasteiger partial charge in [0.1, 0.15) is 11.3 Å². The van der Waals surface area contributed by atoms with Gasteiger partial charge in [0.2, 0.25) is 0 Å². The molecule has 2 aromatic rings. The van der Waals surface area contributed by atoms with Crippen molar-refractivity contribution in [2.45, 2.75) is 0 Å². The molecule has 0 unspecified atom stereocenters. The van der Waals surface area contributed by atoms with Crippen LogP contribution in [-0.4, -0.2) is 15.0 Å². The number of phenolic OH excluding ortho intramolecular Hbond substituents is 1. The van der Waals surface area contributed by atoms with Gasteiger partial charge in [-0.2, -0.15) is 0 Å². The molecule has 0 aliphatic heterocycles. The Labute approximate surface area is 84.9 Å². The van der Waals surface area contributed by atoms with Crippen molar-refractivity contribution in [1.82, 2.24) is 11.1 Å². The molecule has 6 heteroatoms. The molecule has 0 saturated carbocycles. The summed E-state index contributed by atoms with van der Waals surface area (Å²) in [4.78, 5) is 14.0. The minimum Gasteiger partial charge on any atom is -0.506 e. The second-order valence-corrected chi connectivity index (χ2v) is 2.76. The van der Waals surface area contributed by atoms with Gasteiger partial charge in [-0.1, -0.05) is 0 Å². The third kappa shape index (κ3) is 1.70. The minimum atomic E-state index is -0.497. The maximum absolute atomic E-state index is 10.6. The molecule has 0 spiro atoms. The highest BCUT2D eigenvalue weighted by molar-refractivity contribution is 5.91. The van der Waals surface area contributed by atoms with E-state index in [0.717, 1.165) is 0 Å². The quantitative estimate of drug-likeness (QED) is 0.548. The van der Waals surface area contributed by atoms with Gasteiger partial charge in [0.15, 0.2) is 0 Å². The zero-order valence-electron chi connectivity index (χ0n) is 7.75. The van der Waals surface area contributed by atoms with Crippen molar-refractivity contribution in [2.75, 3.05) is 0 Å². The molecule has 0 aliphatic carbocycles. The number of nitro groups is 1. The molecule has 15 heavy (non-hydrogen) atoms. The van der Waals surface area contributed by atoms with Crippen molar-refractivity contribution in [2.24, 2.45) is 0 Å². The molecule has 2 rings (SSSR count). The number of aromatic nitrogens is 1. The van der Waals surface area contributed by atoms with Crippen LogP contribution in [0.1, 0.15) is 0 Å². The van der Waals surface area contributed by atoms with Crippen LogP contribution in [0.5, 0.6) is 5.75 Å². The fraction of sp³-hybridized carbons (Fsp3) is 0. The molecule has 0 atom stereocenters. The van der Waals surface area contributed by atoms with Gasteiger partial charge in [0, 0.05) is 12.3 Å². The summed E-state index contributed by atoms with van der Waals surface area (Å²) in [6, 6.07) is 5.68. The van der Waals surface area contributed by atoms with Crippen LogP contribution in [0.15, 0.2) is 30.5 Å². The van der Waals surface area contributed by atoms with Crippen molar-refractivity contribution in [3.63, 3.8) is 0 Å². The zero-order valence-corrected chi connectivity index (χ0v) is 7.75. The first kappa shape index (κ1) is 10.9. The van der Waals surface area contributed by atoms with Crippen LogP contribution >= 0.6 is 0 Å². The van der Waals surface area contributed by atoms with Gasteiger partial charge < -0.3 is 11.3 Å². The van der Waals surface area contributed by atoms with Crippen LogP contribution in [0, 0.1) is 10.1 Å². The first-order valence-electron chi connectivity index (χ1n) is 3.91. The second-order valence-electron chi connectivity index (χ2n) is 2.76. The average molecular weight is 207 g/mol. The lowest BCUT2D eigenvalue weighted by molar-refractivity contribution is -0.383. The van der Waals surface area contributed by atoms with E-state index in [-0.39, 0.29) is 23.1 Å². The molecule has 4 N–H and O–H groups in total. The summed E-state index contributed by atoms with van der Waals surface area (Å²) in [6.45, 7) is 0. The van der Waals surface area contributed by atoms with Crippen molar-refractivity contribution < 1.29 is 10.0 Å². The van der Waals surface area contributed by atoms with E-state index < -0.39 is 4.92 Å². The van der Waals surface area contributed by atoms with Crippen LogP contribution in [-0.2, 0) is 0 Å². The fourth-order valence-corrected chi connectivity index (χ4v) is 1.30. The van der Waals surface area contributed by atoms with Crippen molar-refractivity contribution >= 4 is 16.6 Å². The van der Waals surface area contributed by atoms with E-state index in [4.69, 9.17) is 0 Å². The number of benzene rings is 1. The molecule has 78 valence electrons. The highest BCUT2D eigenvalue weighted by Crippen LogP contribution is 2.29. The van der Waals surface area contributed by atoms with Gasteiger partial charge in [-0.05, 0) is 18.2 Å². The Balaban J connectivity index is 0.00000112. The number of fused-ring (bicyclic) bond motifs is 1. The van der Waals surface area contributed by atoms with E-state index in [2.05, 4.69) is 4.98 Å². The predicted octanol–water partition coefficient (Wildman–Crippen LogP) is 2.01. The maximum Gasteiger partial charge on any atom is 0.279 e. The summed E-state index contributed by atoms with van der Waals surface area (Å²) in [5, 5.41) is 20.4. The van der Waals surface area contributed by atoms with Gasteiger partial charge in [0.25, 0.3) is 5.69 Å². The third-order valence-corrected chi connectivity index (χ3v) is 1.92. The second kappa shape index (κ2) is 3.89. The predicted molar refractivity (Wildman–Crippen MR) is 55.1 cm³/mol. The first-order chi connectivity index (χ1) is 6.70. The van der Waals surface area contributed by atoms with Crippen LogP contribution in [0.25, 0.3) is 10.9 Å². The summed E-state index contributed by atoms with van der Waals surface area (Å²) in [7, 11) is 0. The van der Waals surface area contributed by atoms with Crippen LogP contribution in [0.4, 0.5) is 5.69 Å². The lowest BCUT2D eigenvalue weighted by atomic mass is 10.2. The van der Waals surface area contributed by atoms with E-state index in [9.17, 15) is 15.2 Å². The number of nitrogens with zero attached hydrogens (tertiary/aromatic N) is 2. The Hall–Kier alpha value is -2.21. The summed E-state index contributed by atoms with van der Waals surface area (Å²) in [6.07, 6.45) is 1.48. The number of pyridine rings is 1. The van der Waals surface area contributed by atoms with E-state index in [1.807, 2.05) is 0 Å². The topological polar surface area (TPSA) is 111 Å². The standard InChI is InChI=1S/C9H6N2O3.H3N/c12-8-4-3-7(11(13)14)6-2-1-5-10-9(6)8;/h1-5,12H;1H3. The number of hydrogen-bond acceptors (Lipinski definition) is 5. The Bertz CT molecular complexity index is 513. The highest BCUT2D eigenvalue weighted by atomic mass is 16.6. The number of nitro benzene ring substituents is 1. The molecular weight excluding hydrogens is 198 g/mol. The molecule has 1 aromatic carbocycles. The summed E-state index contributed by atoms with van der Waals surface area (Å²) >= 11 is 0. The molecule has 0 fully saturated rings. The first-order valence-corrected chi connectivity index (χ1v) is 3.91. The Morgan fingerprint density at radius 3 is 2.73 bits per heavy atom. The number of aromatic hydroxyl groups is 1. The monoisotopic (exact) mass is 207 g/mol. The number of phenols is 1. The van der Waals surface area contributed by atoms with Crippen molar-refractivity contribution in [3.05, 3.63) is 40.6 Å². The molecule has 0 bridgehead atoms. The normalized spacial score (nSPS) is 9.60. The molecular formula is C9H9N3O3. The molecule has 0 aliphatic rings. The summed E-state index contributed by atoms with van der Waals surface area (Å²) in [5.41, 5.74) is 0.201. The maximum atomic E-state index is 10.6. The zero-order chi connectivity index (χ0) is 10.1. The highest BCUT2D eigenvalue weighted by Gasteiger charge is 2.13. The Kier molecular flexibility index (Phi) is 2.82. The van der Waals surface area contributed by atoms with Crippen LogP contribution in [0.3, 0.4) is 0 Å². The minimum absolute atomic E-state index is 0. The SMILES string of the molecule is N.O=[N+]([O-])c1ccc(O)c2ncccc12.